The highest BCUT2D eigenvalue weighted by atomic mass is 35.5. The highest BCUT2D eigenvalue weighted by Gasteiger charge is 2.35. The molecule has 0 aromatic rings. The average molecular weight is 209 g/mol. The molecule has 0 saturated heterocycles. The van der Waals surface area contributed by atoms with E-state index in [-0.39, 0.29) is 5.38 Å². The topological polar surface area (TPSA) is 0 Å². The van der Waals surface area contributed by atoms with Crippen LogP contribution in [-0.2, 0) is 0 Å². The Balaban J connectivity index is 2.56. The van der Waals surface area contributed by atoms with Crippen molar-refractivity contribution in [1.29, 1.82) is 0 Å². The zero-order valence-electron chi connectivity index (χ0n) is 7.78. The molecule has 0 nitrogen and oxygen atoms in total. The van der Waals surface area contributed by atoms with Crippen molar-refractivity contribution in [3.63, 3.8) is 0 Å². The highest BCUT2D eigenvalue weighted by Crippen LogP contribution is 2.44. The van der Waals surface area contributed by atoms with Gasteiger partial charge in [0.05, 0.1) is 0 Å². The first-order valence-corrected chi connectivity index (χ1v) is 5.88. The number of rotatable bonds is 3. The van der Waals surface area contributed by atoms with E-state index in [1.807, 2.05) is 0 Å². The number of halogens is 2. The summed E-state index contributed by atoms with van der Waals surface area (Å²) in [6.45, 7) is 2.12. The molecule has 0 aromatic carbocycles. The summed E-state index contributed by atoms with van der Waals surface area (Å²) in [7, 11) is 0. The third-order valence-corrected chi connectivity index (χ3v) is 3.94. The largest absolute Gasteiger partial charge is 0.127 e. The zero-order chi connectivity index (χ0) is 9.03. The Bertz CT molecular complexity index is 120. The second-order valence-electron chi connectivity index (χ2n) is 3.98. The van der Waals surface area contributed by atoms with Crippen LogP contribution < -0.4 is 0 Å². The first-order valence-electron chi connectivity index (χ1n) is 4.91. The average Bonchev–Trinajstić information content (AvgIpc) is 2.06. The molecular weight excluding hydrogens is 191 g/mol. The van der Waals surface area contributed by atoms with Gasteiger partial charge in [-0.25, -0.2) is 0 Å². The summed E-state index contributed by atoms with van der Waals surface area (Å²) in [4.78, 5) is 0. The smallest absolute Gasteiger partial charge is 0.0364 e. The van der Waals surface area contributed by atoms with Crippen LogP contribution in [0.1, 0.15) is 45.4 Å². The number of hydrogen-bond acceptors (Lipinski definition) is 0. The standard InChI is InChI=1S/C10H18Cl2/c1-9(12)10(7-8-11)5-3-2-4-6-10/h9H,2-8H2,1H3. The second-order valence-corrected chi connectivity index (χ2v) is 5.01. The van der Waals surface area contributed by atoms with E-state index in [1.165, 1.54) is 32.1 Å². The molecule has 72 valence electrons. The molecule has 1 saturated carbocycles. The van der Waals surface area contributed by atoms with Gasteiger partial charge in [-0.15, -0.1) is 23.2 Å². The van der Waals surface area contributed by atoms with Crippen molar-refractivity contribution in [1.82, 2.24) is 0 Å². The van der Waals surface area contributed by atoms with E-state index in [0.29, 0.717) is 5.41 Å². The predicted molar refractivity (Wildman–Crippen MR) is 56.2 cm³/mol. The molecule has 0 heterocycles. The van der Waals surface area contributed by atoms with Crippen LogP contribution in [0.15, 0.2) is 0 Å². The van der Waals surface area contributed by atoms with Crippen molar-refractivity contribution >= 4 is 23.2 Å². The van der Waals surface area contributed by atoms with Crippen LogP contribution in [0.4, 0.5) is 0 Å². The van der Waals surface area contributed by atoms with Gasteiger partial charge in [0.25, 0.3) is 0 Å². The van der Waals surface area contributed by atoms with Gasteiger partial charge in [-0.2, -0.15) is 0 Å². The number of alkyl halides is 2. The van der Waals surface area contributed by atoms with Crippen molar-refractivity contribution < 1.29 is 0 Å². The molecule has 1 aliphatic carbocycles. The molecule has 0 aromatic heterocycles. The minimum atomic E-state index is 0.288. The first kappa shape index (κ1) is 10.7. The Kier molecular flexibility index (Phi) is 4.19. The quantitative estimate of drug-likeness (QED) is 0.611. The SMILES string of the molecule is CC(Cl)C1(CCCl)CCCCC1. The van der Waals surface area contributed by atoms with E-state index in [1.54, 1.807) is 0 Å². The Morgan fingerprint density at radius 2 is 1.83 bits per heavy atom. The fourth-order valence-corrected chi connectivity index (χ4v) is 2.99. The van der Waals surface area contributed by atoms with Crippen LogP contribution in [0.25, 0.3) is 0 Å². The molecule has 12 heavy (non-hydrogen) atoms. The van der Waals surface area contributed by atoms with Crippen LogP contribution in [-0.4, -0.2) is 11.3 Å². The van der Waals surface area contributed by atoms with E-state index < -0.39 is 0 Å². The third kappa shape index (κ3) is 2.29. The maximum absolute atomic E-state index is 6.23. The van der Waals surface area contributed by atoms with Gasteiger partial charge in [0.2, 0.25) is 0 Å². The van der Waals surface area contributed by atoms with Crippen molar-refractivity contribution in [2.75, 3.05) is 5.88 Å². The Morgan fingerprint density at radius 1 is 1.25 bits per heavy atom. The molecule has 0 bridgehead atoms. The summed E-state index contributed by atoms with van der Waals surface area (Å²) in [5, 5.41) is 0.288. The molecule has 1 atom stereocenters. The molecule has 1 aliphatic rings. The molecule has 0 amide bonds. The van der Waals surface area contributed by atoms with Gasteiger partial charge in [0, 0.05) is 11.3 Å². The Labute approximate surface area is 85.6 Å². The molecule has 0 N–H and O–H groups in total. The van der Waals surface area contributed by atoms with Gasteiger partial charge in [-0.3, -0.25) is 0 Å². The zero-order valence-corrected chi connectivity index (χ0v) is 9.29. The lowest BCUT2D eigenvalue weighted by atomic mass is 9.70. The van der Waals surface area contributed by atoms with Gasteiger partial charge in [0.1, 0.15) is 0 Å². The molecule has 0 spiro atoms. The Morgan fingerprint density at radius 3 is 2.25 bits per heavy atom. The van der Waals surface area contributed by atoms with E-state index in [9.17, 15) is 0 Å². The minimum absolute atomic E-state index is 0.288. The van der Waals surface area contributed by atoms with E-state index in [2.05, 4.69) is 6.92 Å². The lowest BCUT2D eigenvalue weighted by molar-refractivity contribution is 0.179. The third-order valence-electron chi connectivity index (χ3n) is 3.29. The lowest BCUT2D eigenvalue weighted by Crippen LogP contribution is -2.32. The first-order chi connectivity index (χ1) is 5.71. The lowest BCUT2D eigenvalue weighted by Gasteiger charge is -2.39. The van der Waals surface area contributed by atoms with Crippen LogP contribution >= 0.6 is 23.2 Å². The van der Waals surface area contributed by atoms with Crippen LogP contribution in [0.5, 0.6) is 0 Å². The van der Waals surface area contributed by atoms with Crippen LogP contribution in [0.3, 0.4) is 0 Å². The minimum Gasteiger partial charge on any atom is -0.127 e. The van der Waals surface area contributed by atoms with Crippen molar-refractivity contribution in [2.45, 2.75) is 50.8 Å². The fraction of sp³-hybridized carbons (Fsp3) is 1.00. The molecule has 2 heteroatoms. The van der Waals surface area contributed by atoms with E-state index in [4.69, 9.17) is 23.2 Å². The van der Waals surface area contributed by atoms with Crippen molar-refractivity contribution in [3.05, 3.63) is 0 Å². The Hall–Kier alpha value is 0.580. The predicted octanol–water partition coefficient (Wildman–Crippen LogP) is 4.19. The molecule has 1 unspecified atom stereocenters. The fourth-order valence-electron chi connectivity index (χ4n) is 2.29. The van der Waals surface area contributed by atoms with E-state index >= 15 is 0 Å². The summed E-state index contributed by atoms with van der Waals surface area (Å²) in [6.07, 6.45) is 7.73. The van der Waals surface area contributed by atoms with Gasteiger partial charge in [-0.1, -0.05) is 19.3 Å². The van der Waals surface area contributed by atoms with Gasteiger partial charge >= 0.3 is 0 Å². The van der Waals surface area contributed by atoms with Crippen molar-refractivity contribution in [2.24, 2.45) is 5.41 Å². The number of hydrogen-bond donors (Lipinski definition) is 0. The molecule has 1 rings (SSSR count). The monoisotopic (exact) mass is 208 g/mol. The molecule has 1 fully saturated rings. The van der Waals surface area contributed by atoms with Crippen LogP contribution in [0, 0.1) is 5.41 Å². The normalized spacial score (nSPS) is 25.2. The van der Waals surface area contributed by atoms with Crippen LogP contribution in [0.2, 0.25) is 0 Å². The maximum Gasteiger partial charge on any atom is 0.0364 e. The summed E-state index contributed by atoms with van der Waals surface area (Å²) in [6, 6.07) is 0. The summed E-state index contributed by atoms with van der Waals surface area (Å²) in [5.41, 5.74) is 0.363. The van der Waals surface area contributed by atoms with Crippen molar-refractivity contribution in [3.8, 4) is 0 Å². The summed E-state index contributed by atoms with van der Waals surface area (Å²) >= 11 is 12.0. The van der Waals surface area contributed by atoms with E-state index in [0.717, 1.165) is 12.3 Å². The van der Waals surface area contributed by atoms with Gasteiger partial charge in [-0.05, 0) is 31.6 Å². The van der Waals surface area contributed by atoms with Gasteiger partial charge in [0.15, 0.2) is 0 Å². The second kappa shape index (κ2) is 4.72. The molecular formula is C10H18Cl2. The highest BCUT2D eigenvalue weighted by molar-refractivity contribution is 6.21. The summed E-state index contributed by atoms with van der Waals surface area (Å²) in [5.74, 6) is 0.761. The summed E-state index contributed by atoms with van der Waals surface area (Å²) < 4.78 is 0. The molecule has 0 aliphatic heterocycles. The maximum atomic E-state index is 6.23. The van der Waals surface area contributed by atoms with Gasteiger partial charge < -0.3 is 0 Å². The molecule has 0 radical (unpaired) electrons.